The Balaban J connectivity index is 1.61. The van der Waals surface area contributed by atoms with Crippen LogP contribution in [-0.4, -0.2) is 50.7 Å². The zero-order valence-corrected chi connectivity index (χ0v) is 13.4. The standard InChI is InChI=1S/C16H23N5O2/c1-20-14(8-18-19-20)11-23-16-3-2-13-9-21(10-15(22)7-17)5-4-12(13)6-16/h2-3,6,8,15,22H,4-5,7,9-11,17H2,1H3. The number of rotatable bonds is 6. The van der Waals surface area contributed by atoms with Crippen molar-refractivity contribution in [2.45, 2.75) is 25.7 Å². The number of aliphatic hydroxyl groups is 1. The number of ether oxygens (including phenoxy) is 1. The van der Waals surface area contributed by atoms with E-state index < -0.39 is 6.10 Å². The molecule has 23 heavy (non-hydrogen) atoms. The highest BCUT2D eigenvalue weighted by atomic mass is 16.5. The molecular formula is C16H23N5O2. The predicted octanol–water partition coefficient (Wildman–Crippen LogP) is 0.0718. The molecular weight excluding hydrogens is 294 g/mol. The number of nitrogens with zero attached hydrogens (tertiary/aromatic N) is 4. The molecule has 0 aliphatic carbocycles. The monoisotopic (exact) mass is 317 g/mol. The van der Waals surface area contributed by atoms with Gasteiger partial charge in [0.25, 0.3) is 0 Å². The summed E-state index contributed by atoms with van der Waals surface area (Å²) in [4.78, 5) is 2.24. The third-order valence-corrected chi connectivity index (χ3v) is 4.21. The van der Waals surface area contributed by atoms with Gasteiger partial charge in [0, 0.05) is 33.2 Å². The van der Waals surface area contributed by atoms with Crippen molar-refractivity contribution >= 4 is 0 Å². The van der Waals surface area contributed by atoms with Crippen molar-refractivity contribution < 1.29 is 9.84 Å². The van der Waals surface area contributed by atoms with Crippen molar-refractivity contribution in [3.63, 3.8) is 0 Å². The van der Waals surface area contributed by atoms with E-state index in [2.05, 4.69) is 27.3 Å². The lowest BCUT2D eigenvalue weighted by Gasteiger charge is -2.30. The molecule has 1 unspecified atom stereocenters. The van der Waals surface area contributed by atoms with Crippen molar-refractivity contribution in [2.24, 2.45) is 12.8 Å². The summed E-state index contributed by atoms with van der Waals surface area (Å²) < 4.78 is 7.54. The van der Waals surface area contributed by atoms with Gasteiger partial charge in [-0.15, -0.1) is 5.10 Å². The molecule has 1 aliphatic rings. The Bertz CT molecular complexity index is 658. The van der Waals surface area contributed by atoms with Crippen LogP contribution in [0.15, 0.2) is 24.4 Å². The largest absolute Gasteiger partial charge is 0.487 e. The van der Waals surface area contributed by atoms with Crippen molar-refractivity contribution in [3.05, 3.63) is 41.2 Å². The Morgan fingerprint density at radius 2 is 2.26 bits per heavy atom. The Morgan fingerprint density at radius 3 is 3.00 bits per heavy atom. The van der Waals surface area contributed by atoms with Crippen LogP contribution in [0, 0.1) is 0 Å². The zero-order valence-electron chi connectivity index (χ0n) is 13.4. The fourth-order valence-corrected chi connectivity index (χ4v) is 2.80. The van der Waals surface area contributed by atoms with E-state index in [-0.39, 0.29) is 0 Å². The van der Waals surface area contributed by atoms with Crippen LogP contribution >= 0.6 is 0 Å². The number of β-amino-alcohol motifs (C(OH)–C–C–N with tert-alkyl or cyclic N) is 1. The molecule has 0 spiro atoms. The first-order valence-corrected chi connectivity index (χ1v) is 7.84. The Morgan fingerprint density at radius 1 is 1.39 bits per heavy atom. The molecule has 1 aromatic carbocycles. The van der Waals surface area contributed by atoms with Crippen LogP contribution < -0.4 is 10.5 Å². The number of fused-ring (bicyclic) bond motifs is 1. The molecule has 0 saturated heterocycles. The van der Waals surface area contributed by atoms with Crippen LogP contribution in [0.5, 0.6) is 5.75 Å². The van der Waals surface area contributed by atoms with Gasteiger partial charge in [-0.25, -0.2) is 4.68 Å². The van der Waals surface area contributed by atoms with Crippen LogP contribution in [-0.2, 0) is 26.6 Å². The minimum atomic E-state index is -0.452. The van der Waals surface area contributed by atoms with Gasteiger partial charge in [0.1, 0.15) is 12.4 Å². The third-order valence-electron chi connectivity index (χ3n) is 4.21. The number of aromatic nitrogens is 3. The lowest BCUT2D eigenvalue weighted by Crippen LogP contribution is -2.39. The van der Waals surface area contributed by atoms with Gasteiger partial charge >= 0.3 is 0 Å². The van der Waals surface area contributed by atoms with Gasteiger partial charge in [-0.05, 0) is 29.7 Å². The van der Waals surface area contributed by atoms with Gasteiger partial charge in [-0.1, -0.05) is 11.3 Å². The number of hydrogen-bond acceptors (Lipinski definition) is 6. The normalized spacial score (nSPS) is 16.1. The molecule has 0 amide bonds. The second kappa shape index (κ2) is 7.08. The van der Waals surface area contributed by atoms with E-state index in [0.29, 0.717) is 19.7 Å². The minimum Gasteiger partial charge on any atom is -0.487 e. The number of hydrogen-bond donors (Lipinski definition) is 2. The van der Waals surface area contributed by atoms with Gasteiger partial charge in [-0.2, -0.15) is 0 Å². The smallest absolute Gasteiger partial charge is 0.132 e. The van der Waals surface area contributed by atoms with Crippen LogP contribution in [0.2, 0.25) is 0 Å². The first kappa shape index (κ1) is 15.9. The van der Waals surface area contributed by atoms with Gasteiger partial charge in [-0.3, -0.25) is 4.90 Å². The molecule has 0 saturated carbocycles. The summed E-state index contributed by atoms with van der Waals surface area (Å²) in [5.41, 5.74) is 9.02. The summed E-state index contributed by atoms with van der Waals surface area (Å²) >= 11 is 0. The molecule has 1 aliphatic heterocycles. The minimum absolute atomic E-state index is 0.305. The summed E-state index contributed by atoms with van der Waals surface area (Å²) in [6.45, 7) is 3.16. The highest BCUT2D eigenvalue weighted by molar-refractivity contribution is 5.37. The molecule has 0 radical (unpaired) electrons. The zero-order chi connectivity index (χ0) is 16.2. The number of aryl methyl sites for hydroxylation is 1. The molecule has 1 atom stereocenters. The van der Waals surface area contributed by atoms with Gasteiger partial charge in [0.05, 0.1) is 18.0 Å². The summed E-state index contributed by atoms with van der Waals surface area (Å²) in [6, 6.07) is 6.20. The van der Waals surface area contributed by atoms with Gasteiger partial charge < -0.3 is 15.6 Å². The highest BCUT2D eigenvalue weighted by Crippen LogP contribution is 2.24. The van der Waals surface area contributed by atoms with E-state index in [1.54, 1.807) is 10.9 Å². The summed E-state index contributed by atoms with van der Waals surface area (Å²) in [5, 5.41) is 17.4. The van der Waals surface area contributed by atoms with Crippen molar-refractivity contribution in [1.82, 2.24) is 19.9 Å². The lowest BCUT2D eigenvalue weighted by molar-refractivity contribution is 0.111. The molecule has 7 heteroatoms. The summed E-state index contributed by atoms with van der Waals surface area (Å²) in [7, 11) is 1.85. The topological polar surface area (TPSA) is 89.4 Å². The first-order valence-electron chi connectivity index (χ1n) is 7.84. The van der Waals surface area contributed by atoms with E-state index in [4.69, 9.17) is 10.5 Å². The van der Waals surface area contributed by atoms with Crippen LogP contribution in [0.4, 0.5) is 0 Å². The van der Waals surface area contributed by atoms with Crippen LogP contribution in [0.1, 0.15) is 16.8 Å². The number of aliphatic hydroxyl groups excluding tert-OH is 1. The molecule has 7 nitrogen and oxygen atoms in total. The quantitative estimate of drug-likeness (QED) is 0.784. The maximum atomic E-state index is 9.69. The molecule has 0 bridgehead atoms. The van der Waals surface area contributed by atoms with Crippen molar-refractivity contribution in [3.8, 4) is 5.75 Å². The molecule has 3 N–H and O–H groups in total. The Labute approximate surface area is 135 Å². The Kier molecular flexibility index (Phi) is 4.90. The molecule has 124 valence electrons. The first-order chi connectivity index (χ1) is 11.2. The number of benzene rings is 1. The van der Waals surface area contributed by atoms with E-state index in [0.717, 1.165) is 31.0 Å². The van der Waals surface area contributed by atoms with E-state index >= 15 is 0 Å². The molecule has 3 rings (SSSR count). The Hall–Kier alpha value is -1.96. The van der Waals surface area contributed by atoms with Crippen LogP contribution in [0.3, 0.4) is 0 Å². The summed E-state index contributed by atoms with van der Waals surface area (Å²) in [6.07, 6.45) is 2.21. The maximum Gasteiger partial charge on any atom is 0.132 e. The summed E-state index contributed by atoms with van der Waals surface area (Å²) in [5.74, 6) is 0.861. The highest BCUT2D eigenvalue weighted by Gasteiger charge is 2.18. The second-order valence-corrected chi connectivity index (χ2v) is 5.94. The van der Waals surface area contributed by atoms with Gasteiger partial charge in [0.2, 0.25) is 0 Å². The predicted molar refractivity (Wildman–Crippen MR) is 85.8 cm³/mol. The van der Waals surface area contributed by atoms with E-state index in [1.165, 1.54) is 11.1 Å². The fraction of sp³-hybridized carbons (Fsp3) is 0.500. The van der Waals surface area contributed by atoms with Gasteiger partial charge in [0.15, 0.2) is 0 Å². The van der Waals surface area contributed by atoms with E-state index in [1.807, 2.05) is 13.1 Å². The fourth-order valence-electron chi connectivity index (χ4n) is 2.80. The average Bonchev–Trinajstić information content (AvgIpc) is 2.97. The maximum absolute atomic E-state index is 9.69. The molecule has 2 aromatic rings. The van der Waals surface area contributed by atoms with Crippen molar-refractivity contribution in [1.29, 1.82) is 0 Å². The SMILES string of the molecule is Cn1nncc1COc1ccc2c(c1)CCN(CC(O)CN)C2. The molecule has 1 aromatic heterocycles. The molecule has 2 heterocycles. The van der Waals surface area contributed by atoms with Crippen LogP contribution in [0.25, 0.3) is 0 Å². The lowest BCUT2D eigenvalue weighted by atomic mass is 9.99. The third kappa shape index (κ3) is 3.87. The van der Waals surface area contributed by atoms with Crippen molar-refractivity contribution in [2.75, 3.05) is 19.6 Å². The van der Waals surface area contributed by atoms with E-state index in [9.17, 15) is 5.11 Å². The number of nitrogens with two attached hydrogens (primary N) is 1. The second-order valence-electron chi connectivity index (χ2n) is 5.94. The molecule has 0 fully saturated rings. The average molecular weight is 317 g/mol.